The van der Waals surface area contributed by atoms with E-state index in [4.69, 9.17) is 19.1 Å². The van der Waals surface area contributed by atoms with Gasteiger partial charge in [0.25, 0.3) is 0 Å². The van der Waals surface area contributed by atoms with E-state index >= 15 is 0 Å². The van der Waals surface area contributed by atoms with Crippen LogP contribution in [-0.2, 0) is 16.0 Å². The summed E-state index contributed by atoms with van der Waals surface area (Å²) in [5, 5.41) is 15.6. The average molecular weight is 417 g/mol. The standard InChI is InChI=1S/C17H25N3O2.C2HF3O2/c1-2-13(3-1)20-7-6-14-12(9-20)10-21-15(14)8-16-18-19-17(22-16)11-4-5-11;3-2(4,5)1(6)7/h11-15H,1-10H2;(H,6,7)/t12-,14-,15+;/m1./s1. The molecule has 29 heavy (non-hydrogen) atoms. The number of aliphatic carboxylic acids is 1. The molecule has 2 saturated heterocycles. The van der Waals surface area contributed by atoms with Gasteiger partial charge in [-0.15, -0.1) is 10.2 Å². The molecule has 1 N–H and O–H groups in total. The first-order valence-corrected chi connectivity index (χ1v) is 10.3. The minimum atomic E-state index is -5.08. The van der Waals surface area contributed by atoms with Crippen molar-refractivity contribution in [3.05, 3.63) is 11.8 Å². The van der Waals surface area contributed by atoms with E-state index in [-0.39, 0.29) is 0 Å². The van der Waals surface area contributed by atoms with E-state index in [1.165, 1.54) is 51.6 Å². The van der Waals surface area contributed by atoms with Crippen LogP contribution in [0.1, 0.15) is 56.2 Å². The summed E-state index contributed by atoms with van der Waals surface area (Å²) in [6.45, 7) is 3.41. The van der Waals surface area contributed by atoms with Crippen LogP contribution in [0.3, 0.4) is 0 Å². The molecule has 0 radical (unpaired) electrons. The lowest BCUT2D eigenvalue weighted by molar-refractivity contribution is -0.192. The number of aromatic nitrogens is 2. The van der Waals surface area contributed by atoms with Gasteiger partial charge in [-0.25, -0.2) is 4.79 Å². The first-order valence-electron chi connectivity index (χ1n) is 10.3. The summed E-state index contributed by atoms with van der Waals surface area (Å²) in [6.07, 6.45) is 3.96. The lowest BCUT2D eigenvalue weighted by Crippen LogP contribution is -2.49. The molecule has 10 heteroatoms. The van der Waals surface area contributed by atoms with E-state index in [0.29, 0.717) is 23.9 Å². The number of hydrogen-bond acceptors (Lipinski definition) is 6. The van der Waals surface area contributed by atoms with Crippen LogP contribution in [0.15, 0.2) is 4.42 Å². The van der Waals surface area contributed by atoms with Crippen LogP contribution in [-0.4, -0.2) is 64.2 Å². The Morgan fingerprint density at radius 3 is 2.48 bits per heavy atom. The summed E-state index contributed by atoms with van der Waals surface area (Å²) in [5.41, 5.74) is 0. The number of halogens is 3. The molecule has 3 atom stereocenters. The van der Waals surface area contributed by atoms with E-state index < -0.39 is 12.1 Å². The van der Waals surface area contributed by atoms with Crippen molar-refractivity contribution in [3.8, 4) is 0 Å². The van der Waals surface area contributed by atoms with E-state index in [1.54, 1.807) is 0 Å². The second-order valence-corrected chi connectivity index (χ2v) is 8.48. The van der Waals surface area contributed by atoms with Crippen LogP contribution in [0.2, 0.25) is 0 Å². The lowest BCUT2D eigenvalue weighted by atomic mass is 9.81. The maximum atomic E-state index is 10.6. The molecule has 5 rings (SSSR count). The van der Waals surface area contributed by atoms with Crippen LogP contribution >= 0.6 is 0 Å². The Balaban J connectivity index is 0.000000255. The quantitative estimate of drug-likeness (QED) is 0.806. The molecule has 0 spiro atoms. The summed E-state index contributed by atoms with van der Waals surface area (Å²) < 4.78 is 43.7. The smallest absolute Gasteiger partial charge is 0.475 e. The molecule has 1 aromatic heterocycles. The highest BCUT2D eigenvalue weighted by Gasteiger charge is 2.43. The van der Waals surface area contributed by atoms with Crippen LogP contribution in [0.5, 0.6) is 0 Å². The first kappa shape index (κ1) is 20.6. The summed E-state index contributed by atoms with van der Waals surface area (Å²) in [4.78, 5) is 11.6. The Hall–Kier alpha value is -1.68. The molecule has 1 aromatic rings. The topological polar surface area (TPSA) is 88.7 Å². The number of fused-ring (bicyclic) bond motifs is 1. The summed E-state index contributed by atoms with van der Waals surface area (Å²) in [5.74, 6) is 0.827. The number of nitrogens with zero attached hydrogens (tertiary/aromatic N) is 3. The first-order chi connectivity index (χ1) is 13.8. The van der Waals surface area contributed by atoms with E-state index in [2.05, 4.69) is 15.1 Å². The Morgan fingerprint density at radius 1 is 1.17 bits per heavy atom. The third kappa shape index (κ3) is 4.91. The maximum absolute atomic E-state index is 10.6. The van der Waals surface area contributed by atoms with Gasteiger partial charge < -0.3 is 19.2 Å². The van der Waals surface area contributed by atoms with Crippen molar-refractivity contribution in [1.82, 2.24) is 15.1 Å². The molecule has 3 heterocycles. The summed E-state index contributed by atoms with van der Waals surface area (Å²) in [7, 11) is 0. The Bertz CT molecular complexity index is 718. The number of hydrogen-bond donors (Lipinski definition) is 1. The fraction of sp³-hybridized carbons (Fsp3) is 0.842. The van der Waals surface area contributed by atoms with Gasteiger partial charge in [-0.3, -0.25) is 0 Å². The monoisotopic (exact) mass is 417 g/mol. The minimum Gasteiger partial charge on any atom is -0.475 e. The Morgan fingerprint density at radius 2 is 1.90 bits per heavy atom. The Labute approximate surface area is 166 Å². The highest BCUT2D eigenvalue weighted by molar-refractivity contribution is 5.73. The number of likely N-dealkylation sites (tertiary alicyclic amines) is 1. The molecule has 2 saturated carbocycles. The largest absolute Gasteiger partial charge is 0.490 e. The minimum absolute atomic E-state index is 0.293. The van der Waals surface area contributed by atoms with Gasteiger partial charge in [0, 0.05) is 24.4 Å². The van der Waals surface area contributed by atoms with Crippen molar-refractivity contribution in [1.29, 1.82) is 0 Å². The third-order valence-corrected chi connectivity index (χ3v) is 6.44. The zero-order valence-corrected chi connectivity index (χ0v) is 16.1. The van der Waals surface area contributed by atoms with Gasteiger partial charge in [0.2, 0.25) is 11.8 Å². The van der Waals surface area contributed by atoms with Gasteiger partial charge in [-0.2, -0.15) is 13.2 Å². The summed E-state index contributed by atoms with van der Waals surface area (Å²) in [6, 6.07) is 0.872. The van der Waals surface area contributed by atoms with Crippen molar-refractivity contribution in [2.24, 2.45) is 11.8 Å². The average Bonchev–Trinajstić information content (AvgIpc) is 3.24. The number of alkyl halides is 3. The highest BCUT2D eigenvalue weighted by Crippen LogP contribution is 2.41. The third-order valence-electron chi connectivity index (χ3n) is 6.44. The highest BCUT2D eigenvalue weighted by atomic mass is 19.4. The normalized spacial score (nSPS) is 30.2. The van der Waals surface area contributed by atoms with Gasteiger partial charge in [0.1, 0.15) is 0 Å². The number of carboxylic acid groups (broad SMARTS) is 1. The van der Waals surface area contributed by atoms with Gasteiger partial charge in [-0.05, 0) is 44.6 Å². The van der Waals surface area contributed by atoms with Crippen LogP contribution in [0, 0.1) is 11.8 Å². The fourth-order valence-electron chi connectivity index (χ4n) is 4.43. The number of ether oxygens (including phenoxy) is 1. The van der Waals surface area contributed by atoms with Gasteiger partial charge in [0.05, 0.1) is 19.1 Å². The molecular formula is C19H26F3N3O4. The van der Waals surface area contributed by atoms with Gasteiger partial charge in [0.15, 0.2) is 0 Å². The molecule has 4 aliphatic rings. The maximum Gasteiger partial charge on any atom is 0.490 e. The van der Waals surface area contributed by atoms with Crippen LogP contribution in [0.25, 0.3) is 0 Å². The van der Waals surface area contributed by atoms with Crippen LogP contribution < -0.4 is 0 Å². The molecule has 7 nitrogen and oxygen atoms in total. The van der Waals surface area contributed by atoms with E-state index in [1.807, 2.05) is 0 Å². The molecule has 4 fully saturated rings. The van der Waals surface area contributed by atoms with Crippen molar-refractivity contribution in [3.63, 3.8) is 0 Å². The Kier molecular flexibility index (Phi) is 5.83. The van der Waals surface area contributed by atoms with E-state index in [0.717, 1.165) is 30.9 Å². The van der Waals surface area contributed by atoms with Crippen molar-refractivity contribution in [2.75, 3.05) is 19.7 Å². The van der Waals surface area contributed by atoms with Crippen LogP contribution in [0.4, 0.5) is 13.2 Å². The zero-order chi connectivity index (χ0) is 20.6. The number of piperidine rings is 1. The van der Waals surface area contributed by atoms with Crippen molar-refractivity contribution in [2.45, 2.75) is 69.2 Å². The van der Waals surface area contributed by atoms with Gasteiger partial charge in [-0.1, -0.05) is 6.42 Å². The molecule has 2 aliphatic heterocycles. The predicted octanol–water partition coefficient (Wildman–Crippen LogP) is 3.01. The predicted molar refractivity (Wildman–Crippen MR) is 94.2 cm³/mol. The lowest BCUT2D eigenvalue weighted by Gasteiger charge is -2.43. The number of carbonyl (C=O) groups is 1. The SMILES string of the molecule is C1CC(N2CC[C@@H]3[C@@H](CO[C@H]3Cc3nnc(C4CC4)o3)C2)C1.O=C(O)C(F)(F)F. The molecule has 0 aromatic carbocycles. The second-order valence-electron chi connectivity index (χ2n) is 8.48. The molecule has 0 amide bonds. The van der Waals surface area contributed by atoms with Crippen molar-refractivity contribution < 1.29 is 32.2 Å². The number of rotatable bonds is 4. The van der Waals surface area contributed by atoms with Crippen molar-refractivity contribution >= 4 is 5.97 Å². The van der Waals surface area contributed by atoms with Gasteiger partial charge >= 0.3 is 12.1 Å². The molecule has 162 valence electrons. The fourth-order valence-corrected chi connectivity index (χ4v) is 4.43. The van der Waals surface area contributed by atoms with E-state index in [9.17, 15) is 13.2 Å². The molecule has 0 unspecified atom stereocenters. The summed E-state index contributed by atoms with van der Waals surface area (Å²) >= 11 is 0. The number of carboxylic acids is 1. The molecular weight excluding hydrogens is 391 g/mol. The molecule has 0 bridgehead atoms. The second kappa shape index (κ2) is 8.22. The zero-order valence-electron chi connectivity index (χ0n) is 16.1. The molecule has 2 aliphatic carbocycles.